The van der Waals surface area contributed by atoms with Crippen molar-refractivity contribution < 1.29 is 0 Å². The maximum atomic E-state index is 2.34. The smallest absolute Gasteiger partial charge is 0.0468 e. The average molecular weight is 691 g/mol. The molecule has 2 heteroatoms. The molecule has 0 aromatic heterocycles. The molecule has 0 amide bonds. The molecule has 0 saturated heterocycles. The van der Waals surface area contributed by atoms with E-state index in [2.05, 4.69) is 240 Å². The molecule has 0 aliphatic heterocycles. The summed E-state index contributed by atoms with van der Waals surface area (Å²) in [4.78, 5) is 4.66. The van der Waals surface area contributed by atoms with E-state index in [1.165, 1.54) is 44.2 Å². The molecule has 0 saturated carbocycles. The lowest BCUT2D eigenvalue weighted by molar-refractivity contribution is 1.26. The van der Waals surface area contributed by atoms with E-state index in [4.69, 9.17) is 0 Å². The minimum Gasteiger partial charge on any atom is -0.311 e. The second kappa shape index (κ2) is 14.8. The van der Waals surface area contributed by atoms with E-state index in [9.17, 15) is 0 Å². The van der Waals surface area contributed by atoms with Crippen LogP contribution in [0.3, 0.4) is 0 Å². The Hall–Kier alpha value is -7.16. The van der Waals surface area contributed by atoms with Crippen LogP contribution in [0.4, 0.5) is 34.1 Å². The normalized spacial score (nSPS) is 11.0. The molecule has 54 heavy (non-hydrogen) atoms. The average Bonchev–Trinajstić information content (AvgIpc) is 3.26. The van der Waals surface area contributed by atoms with E-state index in [0.717, 1.165) is 34.1 Å². The van der Waals surface area contributed by atoms with Gasteiger partial charge in [0.2, 0.25) is 0 Å². The monoisotopic (exact) mass is 690 g/mol. The lowest BCUT2D eigenvalue weighted by Crippen LogP contribution is -2.12. The second-order valence-electron chi connectivity index (χ2n) is 13.5. The molecule has 0 aliphatic rings. The molecule has 0 atom stereocenters. The van der Waals surface area contributed by atoms with Crippen LogP contribution in [-0.2, 0) is 0 Å². The third-order valence-electron chi connectivity index (χ3n) is 10.1. The predicted octanol–water partition coefficient (Wildman–Crippen LogP) is 14.8. The van der Waals surface area contributed by atoms with Crippen molar-refractivity contribution in [2.75, 3.05) is 9.80 Å². The number of fused-ring (bicyclic) bond motifs is 1. The summed E-state index contributed by atoms with van der Waals surface area (Å²) in [7, 11) is 0. The SMILES string of the molecule is c1ccc(-c2ccc(-c3ccc(N(c4ccc(-c5ccccc5)cc4)c4ccc(N(c5ccccc5)c5ccc6ccccc6c5)cc4)cc3)cc2)cc1. The van der Waals surface area contributed by atoms with Gasteiger partial charge in [-0.15, -0.1) is 0 Å². The lowest BCUT2D eigenvalue weighted by atomic mass is 10.00. The minimum absolute atomic E-state index is 1.08. The molecule has 0 spiro atoms. The highest BCUT2D eigenvalue weighted by molar-refractivity contribution is 5.90. The van der Waals surface area contributed by atoms with Gasteiger partial charge in [-0.2, -0.15) is 0 Å². The van der Waals surface area contributed by atoms with E-state index in [1.54, 1.807) is 0 Å². The van der Waals surface area contributed by atoms with Crippen molar-refractivity contribution in [2.24, 2.45) is 0 Å². The molecule has 9 aromatic carbocycles. The zero-order valence-corrected chi connectivity index (χ0v) is 29.8. The van der Waals surface area contributed by atoms with E-state index in [1.807, 2.05) is 0 Å². The van der Waals surface area contributed by atoms with E-state index >= 15 is 0 Å². The first-order valence-corrected chi connectivity index (χ1v) is 18.4. The van der Waals surface area contributed by atoms with Gasteiger partial charge in [0, 0.05) is 34.1 Å². The summed E-state index contributed by atoms with van der Waals surface area (Å²) in [5.74, 6) is 0. The molecule has 9 rings (SSSR count). The number of benzene rings is 9. The van der Waals surface area contributed by atoms with Crippen LogP contribution in [0, 0.1) is 0 Å². The fourth-order valence-electron chi connectivity index (χ4n) is 7.26. The first-order chi connectivity index (χ1) is 26.8. The lowest BCUT2D eigenvalue weighted by Gasteiger charge is -2.28. The Labute approximate surface area is 317 Å². The third-order valence-corrected chi connectivity index (χ3v) is 10.1. The van der Waals surface area contributed by atoms with Gasteiger partial charge in [0.25, 0.3) is 0 Å². The van der Waals surface area contributed by atoms with Crippen LogP contribution in [0.2, 0.25) is 0 Å². The first-order valence-electron chi connectivity index (χ1n) is 18.4. The van der Waals surface area contributed by atoms with Crippen LogP contribution in [-0.4, -0.2) is 0 Å². The largest absolute Gasteiger partial charge is 0.311 e. The highest BCUT2D eigenvalue weighted by Gasteiger charge is 2.17. The van der Waals surface area contributed by atoms with Gasteiger partial charge in [-0.1, -0.05) is 158 Å². The van der Waals surface area contributed by atoms with Crippen molar-refractivity contribution in [3.05, 3.63) is 231 Å². The third kappa shape index (κ3) is 6.77. The topological polar surface area (TPSA) is 6.48 Å². The summed E-state index contributed by atoms with van der Waals surface area (Å²) in [6.45, 7) is 0. The van der Waals surface area contributed by atoms with Crippen LogP contribution in [0.25, 0.3) is 44.2 Å². The van der Waals surface area contributed by atoms with Crippen molar-refractivity contribution in [1.29, 1.82) is 0 Å². The molecule has 256 valence electrons. The zero-order valence-electron chi connectivity index (χ0n) is 29.8. The molecule has 0 unspecified atom stereocenters. The van der Waals surface area contributed by atoms with E-state index in [0.29, 0.717) is 0 Å². The Balaban J connectivity index is 1.08. The Kier molecular flexibility index (Phi) is 8.99. The second-order valence-corrected chi connectivity index (χ2v) is 13.5. The molecule has 2 nitrogen and oxygen atoms in total. The number of para-hydroxylation sites is 1. The molecular formula is C52H38N2. The zero-order chi connectivity index (χ0) is 36.1. The molecular weight excluding hydrogens is 653 g/mol. The van der Waals surface area contributed by atoms with Gasteiger partial charge in [-0.05, 0) is 117 Å². The highest BCUT2D eigenvalue weighted by Crippen LogP contribution is 2.40. The minimum atomic E-state index is 1.08. The van der Waals surface area contributed by atoms with Crippen LogP contribution < -0.4 is 9.80 Å². The number of hydrogen-bond acceptors (Lipinski definition) is 2. The van der Waals surface area contributed by atoms with Gasteiger partial charge in [0.15, 0.2) is 0 Å². The molecule has 0 N–H and O–H groups in total. The highest BCUT2D eigenvalue weighted by atomic mass is 15.2. The number of hydrogen-bond donors (Lipinski definition) is 0. The molecule has 9 aromatic rings. The fraction of sp³-hybridized carbons (Fsp3) is 0. The Morgan fingerprint density at radius 3 is 0.907 bits per heavy atom. The van der Waals surface area contributed by atoms with Gasteiger partial charge in [0.1, 0.15) is 0 Å². The van der Waals surface area contributed by atoms with E-state index < -0.39 is 0 Å². The standard InChI is InChI=1S/C52H38N2/c1-4-12-39(13-5-1)42-20-22-43(23-21-42)45-26-31-49(32-27-45)53(48-29-24-44(25-30-48)40-14-6-2-7-15-40)50-34-36-51(37-35-50)54(47-18-8-3-9-19-47)52-33-28-41-16-10-11-17-46(41)38-52/h1-38H. The summed E-state index contributed by atoms with van der Waals surface area (Å²) in [5, 5.41) is 2.45. The number of anilines is 6. The van der Waals surface area contributed by atoms with Crippen LogP contribution in [0.5, 0.6) is 0 Å². The van der Waals surface area contributed by atoms with Crippen LogP contribution in [0.15, 0.2) is 231 Å². The summed E-state index contributed by atoms with van der Waals surface area (Å²) in [6, 6.07) is 82.4. The first kappa shape index (κ1) is 32.7. The van der Waals surface area contributed by atoms with Gasteiger partial charge in [0.05, 0.1) is 0 Å². The van der Waals surface area contributed by atoms with Gasteiger partial charge in [-0.25, -0.2) is 0 Å². The summed E-state index contributed by atoms with van der Waals surface area (Å²) >= 11 is 0. The predicted molar refractivity (Wildman–Crippen MR) is 230 cm³/mol. The van der Waals surface area contributed by atoms with Crippen molar-refractivity contribution in [3.63, 3.8) is 0 Å². The Morgan fingerprint density at radius 1 is 0.185 bits per heavy atom. The van der Waals surface area contributed by atoms with Crippen molar-refractivity contribution in [1.82, 2.24) is 0 Å². The summed E-state index contributed by atoms with van der Waals surface area (Å²) in [6.07, 6.45) is 0. The van der Waals surface area contributed by atoms with Crippen molar-refractivity contribution in [3.8, 4) is 33.4 Å². The quantitative estimate of drug-likeness (QED) is 0.149. The maximum absolute atomic E-state index is 2.34. The fourth-order valence-corrected chi connectivity index (χ4v) is 7.26. The molecule has 0 aliphatic carbocycles. The molecule has 0 radical (unpaired) electrons. The maximum Gasteiger partial charge on any atom is 0.0468 e. The number of rotatable bonds is 9. The Bertz CT molecular complexity index is 2600. The van der Waals surface area contributed by atoms with Gasteiger partial charge in [-0.3, -0.25) is 0 Å². The van der Waals surface area contributed by atoms with Gasteiger partial charge >= 0.3 is 0 Å². The summed E-state index contributed by atoms with van der Waals surface area (Å²) in [5.41, 5.74) is 13.8. The molecule has 0 bridgehead atoms. The van der Waals surface area contributed by atoms with E-state index in [-0.39, 0.29) is 0 Å². The Morgan fingerprint density at radius 2 is 0.463 bits per heavy atom. The molecule has 0 heterocycles. The molecule has 0 fully saturated rings. The van der Waals surface area contributed by atoms with Crippen LogP contribution >= 0.6 is 0 Å². The number of nitrogens with zero attached hydrogens (tertiary/aromatic N) is 2. The van der Waals surface area contributed by atoms with Crippen LogP contribution in [0.1, 0.15) is 0 Å². The van der Waals surface area contributed by atoms with Crippen molar-refractivity contribution >= 4 is 44.9 Å². The summed E-state index contributed by atoms with van der Waals surface area (Å²) < 4.78 is 0. The van der Waals surface area contributed by atoms with Gasteiger partial charge < -0.3 is 9.80 Å². The van der Waals surface area contributed by atoms with Crippen molar-refractivity contribution in [2.45, 2.75) is 0 Å².